The second-order valence-electron chi connectivity index (χ2n) is 4.05. The van der Waals surface area contributed by atoms with Gasteiger partial charge in [-0.2, -0.15) is 0 Å². The van der Waals surface area contributed by atoms with Crippen LogP contribution in [0.25, 0.3) is 0 Å². The van der Waals surface area contributed by atoms with E-state index in [4.69, 9.17) is 5.11 Å². The summed E-state index contributed by atoms with van der Waals surface area (Å²) in [6.07, 6.45) is 1.92. The van der Waals surface area contributed by atoms with E-state index >= 15 is 0 Å². The van der Waals surface area contributed by atoms with Crippen LogP contribution in [0.1, 0.15) is 33.1 Å². The molecule has 0 aromatic rings. The number of rotatable bonds is 5. The summed E-state index contributed by atoms with van der Waals surface area (Å²) in [6, 6.07) is -0.343. The molecule has 1 unspecified atom stereocenters. The van der Waals surface area contributed by atoms with E-state index in [9.17, 15) is 9.59 Å². The predicted octanol–water partition coefficient (Wildman–Crippen LogP) is 0.479. The monoisotopic (exact) mass is 214 g/mol. The van der Waals surface area contributed by atoms with E-state index in [1.807, 2.05) is 6.92 Å². The number of amides is 3. The van der Waals surface area contributed by atoms with Gasteiger partial charge in [0.25, 0.3) is 5.91 Å². The molecule has 0 radical (unpaired) electrons. The number of hydrogen-bond donors (Lipinski definition) is 2. The normalized spacial score (nSPS) is 25.9. The lowest BCUT2D eigenvalue weighted by Crippen LogP contribution is -2.43. The molecule has 1 heterocycles. The Labute approximate surface area is 89.4 Å². The Morgan fingerprint density at radius 1 is 1.47 bits per heavy atom. The summed E-state index contributed by atoms with van der Waals surface area (Å²) in [7, 11) is 0. The van der Waals surface area contributed by atoms with Gasteiger partial charge in [0.15, 0.2) is 0 Å². The maximum atomic E-state index is 11.9. The second kappa shape index (κ2) is 4.61. The number of aliphatic hydroxyl groups excluding tert-OH is 1. The molecule has 1 fully saturated rings. The van der Waals surface area contributed by atoms with E-state index in [0.717, 1.165) is 6.42 Å². The Bertz CT molecular complexity index is 267. The Morgan fingerprint density at radius 2 is 2.13 bits per heavy atom. The minimum absolute atomic E-state index is 0.0123. The zero-order valence-corrected chi connectivity index (χ0v) is 9.25. The lowest BCUT2D eigenvalue weighted by Gasteiger charge is -2.20. The molecule has 3 amide bonds. The fraction of sp³-hybridized carbons (Fsp3) is 0.800. The highest BCUT2D eigenvalue weighted by atomic mass is 16.3. The van der Waals surface area contributed by atoms with Crippen LogP contribution in [0.3, 0.4) is 0 Å². The van der Waals surface area contributed by atoms with Crippen molar-refractivity contribution in [2.24, 2.45) is 0 Å². The second-order valence-corrected chi connectivity index (χ2v) is 4.05. The van der Waals surface area contributed by atoms with Crippen molar-refractivity contribution in [3.05, 3.63) is 0 Å². The van der Waals surface area contributed by atoms with E-state index in [1.54, 1.807) is 6.92 Å². The van der Waals surface area contributed by atoms with Crippen LogP contribution in [0.4, 0.5) is 4.79 Å². The van der Waals surface area contributed by atoms with Gasteiger partial charge < -0.3 is 10.4 Å². The molecule has 0 aliphatic carbocycles. The number of imide groups is 1. The minimum atomic E-state index is -0.749. The first-order chi connectivity index (χ1) is 7.05. The number of carbonyl (C=O) groups excluding carboxylic acids is 2. The topological polar surface area (TPSA) is 69.6 Å². The summed E-state index contributed by atoms with van der Waals surface area (Å²) >= 11 is 0. The third kappa shape index (κ3) is 2.28. The number of nitrogens with one attached hydrogen (secondary N) is 1. The molecule has 1 rings (SSSR count). The lowest BCUT2D eigenvalue weighted by molar-refractivity contribution is -0.131. The molecular formula is C10H18N2O3. The highest BCUT2D eigenvalue weighted by Crippen LogP contribution is 2.22. The van der Waals surface area contributed by atoms with Crippen LogP contribution >= 0.6 is 0 Å². The largest absolute Gasteiger partial charge is 0.396 e. The molecule has 5 nitrogen and oxygen atoms in total. The van der Waals surface area contributed by atoms with Crippen molar-refractivity contribution >= 4 is 11.9 Å². The van der Waals surface area contributed by atoms with Crippen molar-refractivity contribution in [2.75, 3.05) is 13.2 Å². The smallest absolute Gasteiger partial charge is 0.325 e. The van der Waals surface area contributed by atoms with Crippen molar-refractivity contribution in [1.82, 2.24) is 10.2 Å². The van der Waals surface area contributed by atoms with Crippen molar-refractivity contribution in [1.29, 1.82) is 0 Å². The van der Waals surface area contributed by atoms with Crippen molar-refractivity contribution in [3.63, 3.8) is 0 Å². The molecule has 2 N–H and O–H groups in total. The first-order valence-electron chi connectivity index (χ1n) is 5.30. The van der Waals surface area contributed by atoms with Crippen LogP contribution in [0.5, 0.6) is 0 Å². The number of urea groups is 1. The molecule has 1 atom stereocenters. The molecule has 0 aromatic heterocycles. The van der Waals surface area contributed by atoms with Crippen molar-refractivity contribution in [3.8, 4) is 0 Å². The highest BCUT2D eigenvalue weighted by molar-refractivity contribution is 6.06. The minimum Gasteiger partial charge on any atom is -0.396 e. The van der Waals surface area contributed by atoms with Gasteiger partial charge in [0.05, 0.1) is 0 Å². The van der Waals surface area contributed by atoms with Crippen LogP contribution in [-0.4, -0.2) is 40.6 Å². The number of carbonyl (C=O) groups is 2. The van der Waals surface area contributed by atoms with Gasteiger partial charge in [-0.05, 0) is 19.8 Å². The zero-order chi connectivity index (χ0) is 11.5. The molecule has 1 saturated heterocycles. The number of hydrogen-bond acceptors (Lipinski definition) is 3. The van der Waals surface area contributed by atoms with Gasteiger partial charge in [-0.25, -0.2) is 4.79 Å². The average Bonchev–Trinajstić information content (AvgIpc) is 2.37. The van der Waals surface area contributed by atoms with Gasteiger partial charge in [-0.1, -0.05) is 13.3 Å². The Balaban J connectivity index is 2.69. The first-order valence-corrected chi connectivity index (χ1v) is 5.30. The fourth-order valence-corrected chi connectivity index (χ4v) is 1.85. The summed E-state index contributed by atoms with van der Waals surface area (Å²) in [5.74, 6) is -0.178. The maximum absolute atomic E-state index is 11.9. The molecule has 0 bridgehead atoms. The first kappa shape index (κ1) is 12.0. The molecule has 1 aliphatic heterocycles. The Kier molecular flexibility index (Phi) is 3.68. The van der Waals surface area contributed by atoms with Gasteiger partial charge in [-0.3, -0.25) is 9.69 Å². The van der Waals surface area contributed by atoms with Gasteiger partial charge in [0.2, 0.25) is 0 Å². The fourth-order valence-electron chi connectivity index (χ4n) is 1.85. The quantitative estimate of drug-likeness (QED) is 0.654. The number of aliphatic hydroxyl groups is 1. The number of nitrogens with zero attached hydrogens (tertiary/aromatic N) is 1. The van der Waals surface area contributed by atoms with Crippen molar-refractivity contribution in [2.45, 2.75) is 38.6 Å². The van der Waals surface area contributed by atoms with Gasteiger partial charge >= 0.3 is 6.03 Å². The van der Waals surface area contributed by atoms with Crippen molar-refractivity contribution < 1.29 is 14.7 Å². The summed E-state index contributed by atoms with van der Waals surface area (Å²) in [5.41, 5.74) is -0.749. The molecule has 5 heteroatoms. The molecular weight excluding hydrogens is 196 g/mol. The van der Waals surface area contributed by atoms with E-state index in [0.29, 0.717) is 19.4 Å². The predicted molar refractivity (Wildman–Crippen MR) is 55.3 cm³/mol. The van der Waals surface area contributed by atoms with Crippen LogP contribution in [0.2, 0.25) is 0 Å². The third-order valence-electron chi connectivity index (χ3n) is 2.63. The standard InChI is InChI=1S/C10H18N2O3/c1-3-5-10(2)8(14)12(6-4-7-13)9(15)11-10/h13H,3-7H2,1-2H3,(H,11,15). The molecule has 86 valence electrons. The van der Waals surface area contributed by atoms with Gasteiger partial charge in [0, 0.05) is 13.2 Å². The summed E-state index contributed by atoms with van der Waals surface area (Å²) in [4.78, 5) is 24.6. The SMILES string of the molecule is CCCC1(C)NC(=O)N(CCCO)C1=O. The van der Waals surface area contributed by atoms with E-state index in [-0.39, 0.29) is 18.5 Å². The molecule has 15 heavy (non-hydrogen) atoms. The van der Waals surface area contributed by atoms with Crippen LogP contribution < -0.4 is 5.32 Å². The Hall–Kier alpha value is -1.10. The molecule has 0 saturated carbocycles. The average molecular weight is 214 g/mol. The highest BCUT2D eigenvalue weighted by Gasteiger charge is 2.46. The van der Waals surface area contributed by atoms with E-state index in [2.05, 4.69) is 5.32 Å². The van der Waals surface area contributed by atoms with Crippen LogP contribution in [0.15, 0.2) is 0 Å². The lowest BCUT2D eigenvalue weighted by atomic mass is 9.96. The molecule has 1 aliphatic rings. The molecule has 0 spiro atoms. The van der Waals surface area contributed by atoms with E-state index < -0.39 is 5.54 Å². The molecule has 0 aromatic carbocycles. The van der Waals surface area contributed by atoms with E-state index in [1.165, 1.54) is 4.90 Å². The van der Waals surface area contributed by atoms with Crippen LogP contribution in [-0.2, 0) is 4.79 Å². The summed E-state index contributed by atoms with van der Waals surface area (Å²) in [6.45, 7) is 4.00. The van der Waals surface area contributed by atoms with Gasteiger partial charge in [-0.15, -0.1) is 0 Å². The Morgan fingerprint density at radius 3 is 2.67 bits per heavy atom. The summed E-state index contributed by atoms with van der Waals surface area (Å²) < 4.78 is 0. The summed E-state index contributed by atoms with van der Waals surface area (Å²) in [5, 5.41) is 11.4. The zero-order valence-electron chi connectivity index (χ0n) is 9.25. The maximum Gasteiger partial charge on any atom is 0.325 e. The van der Waals surface area contributed by atoms with Crippen LogP contribution in [0, 0.1) is 0 Å². The van der Waals surface area contributed by atoms with Gasteiger partial charge in [0.1, 0.15) is 5.54 Å². The third-order valence-corrected chi connectivity index (χ3v) is 2.63.